The summed E-state index contributed by atoms with van der Waals surface area (Å²) in [4.78, 5) is 13.0. The third kappa shape index (κ3) is 5.27. The average Bonchev–Trinajstić information content (AvgIpc) is 3.21. The molecule has 2 unspecified atom stereocenters. The Morgan fingerprint density at radius 2 is 1.90 bits per heavy atom. The number of sulfonamides is 1. The number of nitrogens with one attached hydrogen (secondary N) is 1. The monoisotopic (exact) mass is 417 g/mol. The molecule has 0 aromatic heterocycles. The first-order valence-electron chi connectivity index (χ1n) is 9.73. The van der Waals surface area contributed by atoms with Gasteiger partial charge in [-0.25, -0.2) is 8.42 Å². The molecule has 1 aliphatic heterocycles. The second kappa shape index (κ2) is 9.28. The fraction of sp³-hybridized carbons (Fsp3) is 0.381. The lowest BCUT2D eigenvalue weighted by atomic mass is 10.2. The molecule has 2 aromatic carbocycles. The van der Waals surface area contributed by atoms with E-state index in [1.807, 2.05) is 6.92 Å². The molecule has 3 N–H and O–H groups in total. The van der Waals surface area contributed by atoms with Crippen LogP contribution in [0.4, 0.5) is 5.69 Å². The van der Waals surface area contributed by atoms with E-state index in [1.165, 1.54) is 4.31 Å². The van der Waals surface area contributed by atoms with E-state index in [-0.39, 0.29) is 16.8 Å². The molecule has 156 valence electrons. The van der Waals surface area contributed by atoms with Crippen LogP contribution >= 0.6 is 0 Å². The Bertz CT molecular complexity index is 917. The van der Waals surface area contributed by atoms with Crippen molar-refractivity contribution >= 4 is 21.6 Å². The van der Waals surface area contributed by atoms with Crippen molar-refractivity contribution in [3.63, 3.8) is 0 Å². The van der Waals surface area contributed by atoms with Crippen LogP contribution in [0.3, 0.4) is 0 Å². The fourth-order valence-corrected chi connectivity index (χ4v) is 5.02. The second-order valence-corrected chi connectivity index (χ2v) is 9.09. The van der Waals surface area contributed by atoms with Crippen LogP contribution in [0.5, 0.6) is 5.75 Å². The van der Waals surface area contributed by atoms with Gasteiger partial charge in [0.2, 0.25) is 15.9 Å². The smallest absolute Gasteiger partial charge is 0.243 e. The Morgan fingerprint density at radius 1 is 1.21 bits per heavy atom. The second-order valence-electron chi connectivity index (χ2n) is 7.20. The molecule has 3 rings (SSSR count). The summed E-state index contributed by atoms with van der Waals surface area (Å²) in [5, 5.41) is 2.93. The Kier molecular flexibility index (Phi) is 6.76. The van der Waals surface area contributed by atoms with Crippen molar-refractivity contribution in [2.45, 2.75) is 43.2 Å². The van der Waals surface area contributed by atoms with Gasteiger partial charge < -0.3 is 15.8 Å². The number of nitrogens with zero attached hydrogens (tertiary/aromatic N) is 1. The maximum absolute atomic E-state index is 12.9. The van der Waals surface area contributed by atoms with Crippen LogP contribution in [-0.2, 0) is 14.8 Å². The fourth-order valence-electron chi connectivity index (χ4n) is 3.35. The molecule has 2 aromatic rings. The molecular weight excluding hydrogens is 390 g/mol. The number of benzene rings is 2. The molecule has 0 bridgehead atoms. The Hall–Kier alpha value is -2.58. The minimum atomic E-state index is -3.69. The molecule has 0 radical (unpaired) electrons. The van der Waals surface area contributed by atoms with Gasteiger partial charge in [0.05, 0.1) is 11.5 Å². The van der Waals surface area contributed by atoms with Crippen LogP contribution in [0.15, 0.2) is 59.5 Å². The highest BCUT2D eigenvalue weighted by Gasteiger charge is 2.39. The van der Waals surface area contributed by atoms with Gasteiger partial charge in [-0.3, -0.25) is 4.79 Å². The van der Waals surface area contributed by atoms with Gasteiger partial charge in [-0.2, -0.15) is 4.31 Å². The van der Waals surface area contributed by atoms with Crippen molar-refractivity contribution in [2.24, 2.45) is 0 Å². The number of carbonyl (C=O) groups is 1. The van der Waals surface area contributed by atoms with Gasteiger partial charge in [-0.15, -0.1) is 0 Å². The Balaban J connectivity index is 1.54. The summed E-state index contributed by atoms with van der Waals surface area (Å²) < 4.78 is 32.8. The van der Waals surface area contributed by atoms with Crippen molar-refractivity contribution in [3.05, 3.63) is 54.6 Å². The number of hydrogen-bond donors (Lipinski definition) is 2. The number of hydrogen-bond acceptors (Lipinski definition) is 5. The van der Waals surface area contributed by atoms with Gasteiger partial charge in [0.15, 0.2) is 0 Å². The number of ether oxygens (including phenoxy) is 1. The molecule has 1 amide bonds. The minimum Gasteiger partial charge on any atom is -0.494 e. The number of anilines is 1. The van der Waals surface area contributed by atoms with E-state index in [0.29, 0.717) is 43.9 Å². The summed E-state index contributed by atoms with van der Waals surface area (Å²) in [5.74, 6) is 0.454. The van der Waals surface area contributed by atoms with Gasteiger partial charge >= 0.3 is 0 Å². The van der Waals surface area contributed by atoms with Gasteiger partial charge in [0.1, 0.15) is 11.8 Å². The molecule has 1 heterocycles. The average molecular weight is 418 g/mol. The van der Waals surface area contributed by atoms with E-state index >= 15 is 0 Å². The van der Waals surface area contributed by atoms with Crippen molar-refractivity contribution in [2.75, 3.05) is 18.9 Å². The molecule has 1 fully saturated rings. The zero-order chi connectivity index (χ0) is 20.9. The maximum atomic E-state index is 12.9. The summed E-state index contributed by atoms with van der Waals surface area (Å²) in [6, 6.07) is 14.5. The number of nitrogen functional groups attached to an aromatic ring is 1. The summed E-state index contributed by atoms with van der Waals surface area (Å²) in [6.45, 7) is 2.67. The maximum Gasteiger partial charge on any atom is 0.243 e. The lowest BCUT2D eigenvalue weighted by Gasteiger charge is -2.25. The Labute approximate surface area is 171 Å². The first kappa shape index (κ1) is 21.1. The van der Waals surface area contributed by atoms with E-state index < -0.39 is 16.1 Å². The summed E-state index contributed by atoms with van der Waals surface area (Å²) in [6.07, 6.45) is 1.79. The van der Waals surface area contributed by atoms with Gasteiger partial charge in [0.25, 0.3) is 0 Å². The van der Waals surface area contributed by atoms with E-state index in [4.69, 9.17) is 10.5 Å². The van der Waals surface area contributed by atoms with Crippen molar-refractivity contribution < 1.29 is 17.9 Å². The predicted molar refractivity (Wildman–Crippen MR) is 112 cm³/mol. The lowest BCUT2D eigenvalue weighted by molar-refractivity contribution is -0.124. The molecular formula is C21H27N3O4S. The predicted octanol–water partition coefficient (Wildman–Crippen LogP) is 2.40. The zero-order valence-electron chi connectivity index (χ0n) is 16.5. The van der Waals surface area contributed by atoms with Crippen LogP contribution in [0.25, 0.3) is 0 Å². The third-order valence-corrected chi connectivity index (χ3v) is 6.87. The van der Waals surface area contributed by atoms with Gasteiger partial charge in [0, 0.05) is 24.7 Å². The molecule has 1 saturated heterocycles. The molecule has 2 atom stereocenters. The standard InChI is InChI=1S/C21H27N3O4S/c1-16(13-15-28-18-11-9-17(22)10-12-18)23-21(25)20-8-5-14-24(20)29(26,27)19-6-3-2-4-7-19/h2-4,6-7,9-12,16,20H,5,8,13-15,22H2,1H3,(H,23,25). The quantitative estimate of drug-likeness (QED) is 0.642. The van der Waals surface area contributed by atoms with Crippen molar-refractivity contribution in [1.82, 2.24) is 9.62 Å². The van der Waals surface area contributed by atoms with Gasteiger partial charge in [-0.1, -0.05) is 18.2 Å². The number of carbonyl (C=O) groups excluding carboxylic acids is 1. The molecule has 8 heteroatoms. The van der Waals surface area contributed by atoms with Crippen LogP contribution < -0.4 is 15.8 Å². The van der Waals surface area contributed by atoms with Crippen LogP contribution in [0, 0.1) is 0 Å². The molecule has 0 aliphatic carbocycles. The number of rotatable bonds is 8. The van der Waals surface area contributed by atoms with E-state index in [0.717, 1.165) is 0 Å². The normalized spacial score (nSPS) is 18.3. The highest BCUT2D eigenvalue weighted by atomic mass is 32.2. The topological polar surface area (TPSA) is 102 Å². The highest BCUT2D eigenvalue weighted by Crippen LogP contribution is 2.26. The highest BCUT2D eigenvalue weighted by molar-refractivity contribution is 7.89. The number of amides is 1. The first-order valence-corrected chi connectivity index (χ1v) is 11.2. The summed E-state index contributed by atoms with van der Waals surface area (Å²) >= 11 is 0. The minimum absolute atomic E-state index is 0.141. The molecule has 7 nitrogen and oxygen atoms in total. The Morgan fingerprint density at radius 3 is 2.59 bits per heavy atom. The summed E-state index contributed by atoms with van der Waals surface area (Å²) in [5.41, 5.74) is 6.32. The first-order chi connectivity index (χ1) is 13.9. The van der Waals surface area contributed by atoms with Crippen molar-refractivity contribution in [1.29, 1.82) is 0 Å². The van der Waals surface area contributed by atoms with E-state index in [1.54, 1.807) is 54.6 Å². The van der Waals surface area contributed by atoms with Crippen LogP contribution in [0.1, 0.15) is 26.2 Å². The number of nitrogens with two attached hydrogens (primary N) is 1. The van der Waals surface area contributed by atoms with Crippen molar-refractivity contribution in [3.8, 4) is 5.75 Å². The van der Waals surface area contributed by atoms with E-state index in [9.17, 15) is 13.2 Å². The molecule has 29 heavy (non-hydrogen) atoms. The molecule has 1 aliphatic rings. The van der Waals surface area contributed by atoms with Crippen LogP contribution in [0.2, 0.25) is 0 Å². The van der Waals surface area contributed by atoms with Crippen LogP contribution in [-0.4, -0.2) is 43.9 Å². The zero-order valence-corrected chi connectivity index (χ0v) is 17.3. The van der Waals surface area contributed by atoms with Gasteiger partial charge in [-0.05, 0) is 56.2 Å². The molecule has 0 saturated carbocycles. The largest absolute Gasteiger partial charge is 0.494 e. The SMILES string of the molecule is CC(CCOc1ccc(N)cc1)NC(=O)C1CCCN1S(=O)(=O)c1ccccc1. The molecule has 0 spiro atoms. The lowest BCUT2D eigenvalue weighted by Crippen LogP contribution is -2.48. The van der Waals surface area contributed by atoms with E-state index in [2.05, 4.69) is 5.32 Å². The summed E-state index contributed by atoms with van der Waals surface area (Å²) in [7, 11) is -3.69. The third-order valence-electron chi connectivity index (χ3n) is 4.94.